The summed E-state index contributed by atoms with van der Waals surface area (Å²) in [4.78, 5) is 50.8. The molecule has 1 aromatic heterocycles. The van der Waals surface area contributed by atoms with Crippen molar-refractivity contribution in [2.45, 2.75) is 12.8 Å². The highest BCUT2D eigenvalue weighted by atomic mass is 16.2. The highest BCUT2D eigenvalue weighted by molar-refractivity contribution is 6.08. The Bertz CT molecular complexity index is 966. The lowest BCUT2D eigenvalue weighted by Gasteiger charge is -2.10. The molecule has 0 amide bonds. The Morgan fingerprint density at radius 2 is 1.87 bits per heavy atom. The summed E-state index contributed by atoms with van der Waals surface area (Å²) in [6.07, 6.45) is 1.38. The van der Waals surface area contributed by atoms with Gasteiger partial charge in [0, 0.05) is 17.2 Å². The molecule has 1 heterocycles. The molecular formula is C17H12N2O4. The van der Waals surface area contributed by atoms with Gasteiger partial charge in [0.05, 0.1) is 5.56 Å². The number of aromatic amines is 2. The van der Waals surface area contributed by atoms with E-state index in [0.717, 1.165) is 0 Å². The first kappa shape index (κ1) is 16.0. The van der Waals surface area contributed by atoms with Crippen LogP contribution in [0.1, 0.15) is 34.5 Å². The summed E-state index contributed by atoms with van der Waals surface area (Å²) in [5.41, 5.74) is 3.40. The summed E-state index contributed by atoms with van der Waals surface area (Å²) in [5.74, 6) is 0.365. The number of carbonyl (C=O) groups excluding carboxylic acids is 2. The topological polar surface area (TPSA) is 99.9 Å². The zero-order chi connectivity index (χ0) is 16.8. The van der Waals surface area contributed by atoms with Gasteiger partial charge in [0.25, 0.3) is 5.56 Å². The molecule has 0 saturated heterocycles. The Morgan fingerprint density at radius 3 is 2.52 bits per heavy atom. The van der Waals surface area contributed by atoms with Gasteiger partial charge in [-0.25, -0.2) is 9.59 Å². The number of allylic oxidation sites excluding steroid dienone is 1. The molecule has 1 atom stereocenters. The number of benzene rings is 1. The first-order chi connectivity index (χ1) is 11.0. The molecule has 0 bridgehead atoms. The summed E-state index contributed by atoms with van der Waals surface area (Å²) < 4.78 is 0. The SMILES string of the molecule is CC(C=C=C=C=O)c1c(C(=O)c2ccccc2)[nH]c(=O)[nH]c1=O. The molecule has 2 rings (SSSR count). The number of ketones is 1. The largest absolute Gasteiger partial charge is 0.326 e. The zero-order valence-corrected chi connectivity index (χ0v) is 12.2. The Morgan fingerprint density at radius 1 is 1.17 bits per heavy atom. The molecule has 0 aliphatic heterocycles. The van der Waals surface area contributed by atoms with Gasteiger partial charge in [0.2, 0.25) is 5.78 Å². The molecule has 1 aromatic carbocycles. The van der Waals surface area contributed by atoms with E-state index in [4.69, 9.17) is 0 Å². The minimum absolute atomic E-state index is 0.0821. The molecule has 0 saturated carbocycles. The van der Waals surface area contributed by atoms with Gasteiger partial charge in [-0.2, -0.15) is 0 Å². The number of aromatic nitrogens is 2. The van der Waals surface area contributed by atoms with Crippen LogP contribution in [0.4, 0.5) is 0 Å². The van der Waals surface area contributed by atoms with E-state index >= 15 is 0 Å². The van der Waals surface area contributed by atoms with Crippen LogP contribution in [0.2, 0.25) is 0 Å². The number of hydrogen-bond donors (Lipinski definition) is 2. The predicted octanol–water partition coefficient (Wildman–Crippen LogP) is 1.10. The number of nitrogens with one attached hydrogen (secondary N) is 2. The van der Waals surface area contributed by atoms with Crippen molar-refractivity contribution in [3.05, 3.63) is 85.5 Å². The molecule has 114 valence electrons. The quantitative estimate of drug-likeness (QED) is 0.502. The monoisotopic (exact) mass is 308 g/mol. The zero-order valence-electron chi connectivity index (χ0n) is 12.2. The molecule has 0 aliphatic rings. The van der Waals surface area contributed by atoms with E-state index in [9.17, 15) is 19.2 Å². The normalized spacial score (nSPS) is 10.8. The lowest BCUT2D eigenvalue weighted by molar-refractivity contribution is 0.103. The van der Waals surface area contributed by atoms with Crippen LogP contribution >= 0.6 is 0 Å². The average Bonchev–Trinajstić information content (AvgIpc) is 2.54. The molecule has 1 unspecified atom stereocenters. The maximum atomic E-state index is 12.6. The third-order valence-electron chi connectivity index (χ3n) is 3.15. The van der Waals surface area contributed by atoms with Gasteiger partial charge in [-0.1, -0.05) is 43.0 Å². The summed E-state index contributed by atoms with van der Waals surface area (Å²) in [5, 5.41) is 0. The Balaban J connectivity index is 2.66. The summed E-state index contributed by atoms with van der Waals surface area (Å²) in [6.45, 7) is 1.63. The molecule has 0 radical (unpaired) electrons. The fraction of sp³-hybridized carbons (Fsp3) is 0.118. The molecule has 0 fully saturated rings. The number of carbonyl (C=O) groups is 1. The standard InChI is InChI=1S/C17H12N2O4/c1-11(7-5-6-10-20)13-14(18-17(23)19-16(13)22)15(21)12-8-3-2-4-9-12/h2-4,7-9,11H,1H3,(H2,18,19,22,23). The minimum Gasteiger partial charge on any atom is -0.304 e. The van der Waals surface area contributed by atoms with Crippen molar-refractivity contribution >= 4 is 11.7 Å². The van der Waals surface area contributed by atoms with E-state index in [1.807, 2.05) is 0 Å². The van der Waals surface area contributed by atoms with Gasteiger partial charge in [-0.05, 0) is 6.08 Å². The van der Waals surface area contributed by atoms with Crippen LogP contribution in [0.25, 0.3) is 0 Å². The average molecular weight is 308 g/mol. The minimum atomic E-state index is -0.766. The van der Waals surface area contributed by atoms with E-state index in [2.05, 4.69) is 21.4 Å². The third kappa shape index (κ3) is 3.62. The molecular weight excluding hydrogens is 296 g/mol. The fourth-order valence-electron chi connectivity index (χ4n) is 2.12. The second-order valence-electron chi connectivity index (χ2n) is 4.72. The second kappa shape index (κ2) is 7.03. The van der Waals surface area contributed by atoms with Gasteiger partial charge >= 0.3 is 5.69 Å². The van der Waals surface area contributed by atoms with Crippen LogP contribution in [0.15, 0.2) is 57.5 Å². The van der Waals surface area contributed by atoms with Gasteiger partial charge in [0.15, 0.2) is 5.94 Å². The molecule has 6 nitrogen and oxygen atoms in total. The van der Waals surface area contributed by atoms with Crippen LogP contribution in [0.3, 0.4) is 0 Å². The van der Waals surface area contributed by atoms with Crippen molar-refractivity contribution in [2.75, 3.05) is 0 Å². The van der Waals surface area contributed by atoms with E-state index in [-0.39, 0.29) is 11.3 Å². The van der Waals surface area contributed by atoms with Crippen molar-refractivity contribution in [3.63, 3.8) is 0 Å². The van der Waals surface area contributed by atoms with Gasteiger partial charge in [-0.3, -0.25) is 14.6 Å². The van der Waals surface area contributed by atoms with Crippen LogP contribution in [0, 0.1) is 0 Å². The van der Waals surface area contributed by atoms with E-state index in [1.54, 1.807) is 37.3 Å². The maximum Gasteiger partial charge on any atom is 0.326 e. The number of hydrogen-bond acceptors (Lipinski definition) is 4. The van der Waals surface area contributed by atoms with Crippen LogP contribution in [-0.2, 0) is 4.79 Å². The number of rotatable bonds is 4. The lowest BCUT2D eigenvalue weighted by atomic mass is 9.96. The van der Waals surface area contributed by atoms with Gasteiger partial charge in [-0.15, -0.1) is 0 Å². The molecule has 6 heteroatoms. The highest BCUT2D eigenvalue weighted by Gasteiger charge is 2.21. The summed E-state index contributed by atoms with van der Waals surface area (Å²) >= 11 is 0. The van der Waals surface area contributed by atoms with Crippen LogP contribution < -0.4 is 11.2 Å². The smallest absolute Gasteiger partial charge is 0.304 e. The predicted molar refractivity (Wildman–Crippen MR) is 83.3 cm³/mol. The van der Waals surface area contributed by atoms with Gasteiger partial charge in [0.1, 0.15) is 5.69 Å². The first-order valence-electron chi connectivity index (χ1n) is 6.72. The van der Waals surface area contributed by atoms with Crippen molar-refractivity contribution < 1.29 is 9.59 Å². The van der Waals surface area contributed by atoms with Crippen molar-refractivity contribution in [1.82, 2.24) is 9.97 Å². The Hall–Kier alpha value is -3.42. The van der Waals surface area contributed by atoms with E-state index in [1.165, 1.54) is 12.0 Å². The van der Waals surface area contributed by atoms with Crippen LogP contribution in [-0.4, -0.2) is 21.7 Å². The summed E-state index contributed by atoms with van der Waals surface area (Å²) in [6, 6.07) is 8.28. The van der Waals surface area contributed by atoms with Crippen molar-refractivity contribution in [1.29, 1.82) is 0 Å². The van der Waals surface area contributed by atoms with Crippen LogP contribution in [0.5, 0.6) is 0 Å². The fourth-order valence-corrected chi connectivity index (χ4v) is 2.12. The van der Waals surface area contributed by atoms with Crippen molar-refractivity contribution in [2.24, 2.45) is 0 Å². The molecule has 0 aliphatic carbocycles. The highest BCUT2D eigenvalue weighted by Crippen LogP contribution is 2.17. The van der Waals surface area contributed by atoms with Gasteiger partial charge < -0.3 is 4.98 Å². The third-order valence-corrected chi connectivity index (χ3v) is 3.15. The number of H-pyrrole nitrogens is 2. The molecule has 23 heavy (non-hydrogen) atoms. The lowest BCUT2D eigenvalue weighted by Crippen LogP contribution is -2.31. The Kier molecular flexibility index (Phi) is 4.88. The van der Waals surface area contributed by atoms with Crippen molar-refractivity contribution in [3.8, 4) is 0 Å². The maximum absolute atomic E-state index is 12.6. The molecule has 0 spiro atoms. The Labute approximate surface area is 130 Å². The summed E-state index contributed by atoms with van der Waals surface area (Å²) in [7, 11) is 0. The van der Waals surface area contributed by atoms with E-state index < -0.39 is 23.0 Å². The second-order valence-corrected chi connectivity index (χ2v) is 4.72. The first-order valence-corrected chi connectivity index (χ1v) is 6.72. The molecule has 2 aromatic rings. The molecule has 2 N–H and O–H groups in total. The van der Waals surface area contributed by atoms with E-state index in [0.29, 0.717) is 5.56 Å².